The lowest BCUT2D eigenvalue weighted by atomic mass is 9.98. The fourth-order valence-corrected chi connectivity index (χ4v) is 12.4. The first-order valence-corrected chi connectivity index (χ1v) is 33.0. The smallest absolute Gasteiger partial charge is 0.497 e. The molecule has 13 aromatic rings. The van der Waals surface area contributed by atoms with E-state index < -0.39 is 51.5 Å². The van der Waals surface area contributed by atoms with Crippen molar-refractivity contribution in [2.75, 3.05) is 7.11 Å². The molecule has 8 aromatic carbocycles. The van der Waals surface area contributed by atoms with Crippen molar-refractivity contribution in [3.63, 3.8) is 0 Å². The number of rotatable bonds is 20. The van der Waals surface area contributed by atoms with Crippen LogP contribution in [-0.2, 0) is 31.6 Å². The average molecular weight is 1340 g/mol. The number of carboxylic acid groups (broad SMARTS) is 2. The Balaban J connectivity index is 0.806. The summed E-state index contributed by atoms with van der Waals surface area (Å²) in [6.45, 7) is 3.98. The van der Waals surface area contributed by atoms with Gasteiger partial charge in [0.25, 0.3) is 11.8 Å². The quantitative estimate of drug-likeness (QED) is 0.0259. The van der Waals surface area contributed by atoms with Gasteiger partial charge in [-0.05, 0) is 145 Å². The van der Waals surface area contributed by atoms with Crippen LogP contribution in [0.5, 0.6) is 17.2 Å². The topological polar surface area (TPSA) is 353 Å². The van der Waals surface area contributed by atoms with Crippen LogP contribution in [0.25, 0.3) is 111 Å². The zero-order chi connectivity index (χ0) is 68.0. The van der Waals surface area contributed by atoms with E-state index in [1.165, 1.54) is 72.8 Å². The number of aromatic nitrogens is 5. The van der Waals surface area contributed by atoms with Crippen LogP contribution in [0, 0.1) is 13.8 Å². The molecular weight excluding hydrogens is 1280 g/mol. The highest BCUT2D eigenvalue weighted by molar-refractivity contribution is 7.47. The molecule has 5 heterocycles. The van der Waals surface area contributed by atoms with E-state index in [-0.39, 0.29) is 35.5 Å². The minimum Gasteiger partial charge on any atom is -0.497 e. The van der Waals surface area contributed by atoms with E-state index in [9.17, 15) is 38.5 Å². The van der Waals surface area contributed by atoms with Crippen LogP contribution in [0.3, 0.4) is 0 Å². The zero-order valence-electron chi connectivity index (χ0n) is 51.4. The predicted molar refractivity (Wildman–Crippen MR) is 362 cm³/mol. The Hall–Kier alpha value is -11.6. The average Bonchev–Trinajstić information content (AvgIpc) is 1.66. The van der Waals surface area contributed by atoms with Crippen molar-refractivity contribution >= 4 is 94.1 Å². The van der Waals surface area contributed by atoms with E-state index in [0.717, 1.165) is 61.2 Å². The van der Waals surface area contributed by atoms with Crippen molar-refractivity contribution in [1.29, 1.82) is 0 Å². The third-order valence-electron chi connectivity index (χ3n) is 16.4. The third-order valence-corrected chi connectivity index (χ3v) is 17.3. The summed E-state index contributed by atoms with van der Waals surface area (Å²) in [6.07, 6.45) is -0.297. The van der Waals surface area contributed by atoms with Gasteiger partial charge in [0.05, 0.1) is 35.0 Å². The number of hydrogen-bond acceptors (Lipinski definition) is 15. The van der Waals surface area contributed by atoms with Crippen molar-refractivity contribution < 1.29 is 76.3 Å². The minimum atomic E-state index is -4.82. The van der Waals surface area contributed by atoms with Gasteiger partial charge in [-0.3, -0.25) is 39.1 Å². The number of pyridine rings is 4. The van der Waals surface area contributed by atoms with Gasteiger partial charge in [0.2, 0.25) is 5.89 Å². The second-order valence-corrected chi connectivity index (χ2v) is 25.2. The number of benzene rings is 8. The Bertz CT molecular complexity index is 5180. The number of phosphoric acid groups is 2. The number of carbonyl (C=O) groups excluding carboxylic acids is 2. The molecule has 13 rings (SSSR count). The van der Waals surface area contributed by atoms with E-state index in [2.05, 4.69) is 43.9 Å². The SMILES string of the molecule is COc1ccc(-c2cc3ccc4cc(-c5ccc(-c6nc7c8ccc(-c9ccc(C(=O)N[C@@H](Cc%10ccc(OP(=O)(O)O)cc%10)C(=O)O)cc9)nc8c8nc(-c9ccc(C(=O)N[C@@H](Cc%10ccc(OP(=O)(O)O)cc%10)C(=O)O)cc9)ccc8c7o6)cc5)c(C)nc4c3nc2C)cc1. The number of methoxy groups -OCH3 is 1. The van der Waals surface area contributed by atoms with E-state index in [0.29, 0.717) is 78.0 Å². The van der Waals surface area contributed by atoms with Gasteiger partial charge in [0.15, 0.2) is 5.58 Å². The highest BCUT2D eigenvalue weighted by Crippen LogP contribution is 2.42. The van der Waals surface area contributed by atoms with Crippen LogP contribution in [0.1, 0.15) is 43.2 Å². The Labute approximate surface area is 550 Å². The molecule has 0 saturated carbocycles. The van der Waals surface area contributed by atoms with Crippen LogP contribution < -0.4 is 24.4 Å². The summed E-state index contributed by atoms with van der Waals surface area (Å²) in [7, 11) is -7.99. The van der Waals surface area contributed by atoms with Gasteiger partial charge >= 0.3 is 27.6 Å². The maximum absolute atomic E-state index is 13.6. The Morgan fingerprint density at radius 3 is 1.26 bits per heavy atom. The summed E-state index contributed by atoms with van der Waals surface area (Å²) in [4.78, 5) is 114. The van der Waals surface area contributed by atoms with E-state index >= 15 is 0 Å². The summed E-state index contributed by atoms with van der Waals surface area (Å²) in [5.41, 5.74) is 13.1. The Kier molecular flexibility index (Phi) is 17.2. The fraction of sp³-hybridized carbons (Fsp3) is 0.0972. The lowest BCUT2D eigenvalue weighted by Crippen LogP contribution is -2.42. The zero-order valence-corrected chi connectivity index (χ0v) is 53.2. The molecule has 0 aliphatic carbocycles. The number of carbonyl (C=O) groups is 4. The molecule has 0 spiro atoms. The number of aryl methyl sites for hydroxylation is 2. The number of ether oxygens (including phenoxy) is 1. The standard InChI is InChI=1S/C72H55N7O16P2/c1-38-56(36-49-20-21-50-37-57(39(2)74-63(50)62(49)73-38)43-22-28-51(92-3)29-23-43)42-8-18-48(19-9-42)70-79-66-54-30-32-58(44-10-14-46(15-11-44)68(80)77-60(71(82)83)34-40-4-24-52(25-5-40)94-96(86,87)88)75-64(54)65-55(67(66)93-70)31-33-59(76-65)45-12-16-47(17-13-45)69(81)78-61(72(84)85)35-41-6-26-53(27-7-41)95-97(89,90)91/h4-33,36-37,60-61H,34-35H2,1-3H3,(H,77,80)(H,78,81)(H,82,83)(H,84,85)(H2,86,87,88)(H2,89,90,91)/t60-,61-/m0/s1. The molecule has 484 valence electrons. The fourth-order valence-electron chi connectivity index (χ4n) is 11.6. The number of carboxylic acids is 2. The first-order chi connectivity index (χ1) is 46.5. The second-order valence-electron chi connectivity index (χ2n) is 22.9. The van der Waals surface area contributed by atoms with Gasteiger partial charge in [0, 0.05) is 84.7 Å². The molecule has 0 fully saturated rings. The van der Waals surface area contributed by atoms with Gasteiger partial charge in [-0.2, -0.15) is 0 Å². The van der Waals surface area contributed by atoms with Crippen LogP contribution in [0.2, 0.25) is 0 Å². The Morgan fingerprint density at radius 2 is 0.835 bits per heavy atom. The van der Waals surface area contributed by atoms with E-state index in [1.807, 2.05) is 74.5 Å². The third kappa shape index (κ3) is 13.9. The summed E-state index contributed by atoms with van der Waals surface area (Å²) in [5, 5.41) is 28.3. The number of oxazole rings is 1. The molecule has 2 atom stereocenters. The summed E-state index contributed by atoms with van der Waals surface area (Å²) in [5.74, 6) is -3.10. The van der Waals surface area contributed by atoms with Crippen LogP contribution >= 0.6 is 15.6 Å². The van der Waals surface area contributed by atoms with Gasteiger partial charge in [-0.1, -0.05) is 84.9 Å². The first-order valence-electron chi connectivity index (χ1n) is 30.0. The monoisotopic (exact) mass is 1340 g/mol. The molecule has 5 aromatic heterocycles. The summed E-state index contributed by atoms with van der Waals surface area (Å²) >= 11 is 0. The maximum atomic E-state index is 13.6. The minimum absolute atomic E-state index is 0.121. The largest absolute Gasteiger partial charge is 0.524 e. The normalized spacial score (nSPS) is 12.4. The second kappa shape index (κ2) is 26.0. The van der Waals surface area contributed by atoms with Gasteiger partial charge in [-0.25, -0.2) is 33.7 Å². The number of hydrogen-bond donors (Lipinski definition) is 8. The highest BCUT2D eigenvalue weighted by Gasteiger charge is 2.26. The molecule has 0 bridgehead atoms. The molecule has 0 saturated heterocycles. The summed E-state index contributed by atoms with van der Waals surface area (Å²) in [6, 6.07) is 52.4. The number of aliphatic carboxylic acids is 2. The predicted octanol–water partition coefficient (Wildman–Crippen LogP) is 12.8. The molecule has 25 heteroatoms. The molecule has 0 radical (unpaired) electrons. The first kappa shape index (κ1) is 64.2. The van der Waals surface area contributed by atoms with Crippen LogP contribution in [0.15, 0.2) is 199 Å². The van der Waals surface area contributed by atoms with Gasteiger partial charge < -0.3 is 39.0 Å². The number of nitrogens with one attached hydrogen (secondary N) is 2. The van der Waals surface area contributed by atoms with Crippen molar-refractivity contribution in [3.8, 4) is 73.5 Å². The number of nitrogens with zero attached hydrogens (tertiary/aromatic N) is 5. The van der Waals surface area contributed by atoms with Gasteiger partial charge in [-0.15, -0.1) is 0 Å². The molecule has 23 nitrogen and oxygen atoms in total. The number of phosphoric ester groups is 2. The van der Waals surface area contributed by atoms with Crippen molar-refractivity contribution in [2.45, 2.75) is 38.8 Å². The molecule has 0 aliphatic heterocycles. The Morgan fingerprint density at radius 1 is 0.443 bits per heavy atom. The summed E-state index contributed by atoms with van der Waals surface area (Å²) < 4.78 is 43.8. The number of amides is 2. The van der Waals surface area contributed by atoms with Gasteiger partial charge in [0.1, 0.15) is 40.4 Å². The van der Waals surface area contributed by atoms with E-state index in [1.54, 1.807) is 43.5 Å². The van der Waals surface area contributed by atoms with Crippen LogP contribution in [-0.4, -0.2) is 97.7 Å². The molecule has 0 unspecified atom stereocenters. The molecule has 97 heavy (non-hydrogen) atoms. The lowest BCUT2D eigenvalue weighted by molar-refractivity contribution is -0.140. The highest BCUT2D eigenvalue weighted by atomic mass is 31.2. The van der Waals surface area contributed by atoms with E-state index in [4.69, 9.17) is 53.6 Å². The van der Waals surface area contributed by atoms with Crippen molar-refractivity contribution in [2.24, 2.45) is 0 Å². The van der Waals surface area contributed by atoms with Crippen LogP contribution in [0.4, 0.5) is 0 Å². The molecule has 0 aliphatic rings. The van der Waals surface area contributed by atoms with Crippen molar-refractivity contribution in [1.82, 2.24) is 35.6 Å². The maximum Gasteiger partial charge on any atom is 0.524 e. The molecule has 8 N–H and O–H groups in total. The molecule has 2 amide bonds. The van der Waals surface area contributed by atoms with Crippen molar-refractivity contribution in [3.05, 3.63) is 228 Å². The lowest BCUT2D eigenvalue weighted by Gasteiger charge is -2.15. The number of fused-ring (bicyclic) bond motifs is 9. The molecular formula is C72H55N7O16P2.